The maximum Gasteiger partial charge on any atom is 0.260 e. The van der Waals surface area contributed by atoms with Gasteiger partial charge in [0.25, 0.3) is 12.0 Å². The molecule has 0 saturated carbocycles. The maximum atomic E-state index is 13.1. The molecule has 1 saturated heterocycles. The average molecular weight is 550 g/mol. The lowest BCUT2D eigenvalue weighted by Gasteiger charge is -2.55. The molecule has 4 rings (SSSR count). The van der Waals surface area contributed by atoms with Gasteiger partial charge in [-0.15, -0.1) is 0 Å². The van der Waals surface area contributed by atoms with Gasteiger partial charge in [0.1, 0.15) is 23.4 Å². The molecule has 3 heterocycles. The number of benzene rings is 1. The van der Waals surface area contributed by atoms with Crippen LogP contribution in [0.15, 0.2) is 54.9 Å². The molecular weight excluding hydrogens is 513 g/mol. The van der Waals surface area contributed by atoms with E-state index in [0.29, 0.717) is 43.3 Å². The van der Waals surface area contributed by atoms with Gasteiger partial charge in [0, 0.05) is 38.6 Å². The van der Waals surface area contributed by atoms with Crippen LogP contribution in [-0.4, -0.2) is 69.6 Å². The van der Waals surface area contributed by atoms with Crippen LogP contribution in [-0.2, 0) is 6.54 Å². The van der Waals surface area contributed by atoms with Gasteiger partial charge < -0.3 is 14.6 Å². The lowest BCUT2D eigenvalue weighted by Crippen LogP contribution is -2.76. The van der Waals surface area contributed by atoms with Crippen molar-refractivity contribution in [3.63, 3.8) is 0 Å². The Morgan fingerprint density at radius 3 is 2.40 bits per heavy atom. The summed E-state index contributed by atoms with van der Waals surface area (Å²) < 4.78 is 18.6. The molecule has 2 amide bonds. The molecule has 1 aromatic carbocycles. The van der Waals surface area contributed by atoms with E-state index in [2.05, 4.69) is 14.9 Å². The molecule has 9 nitrogen and oxygen atoms in total. The van der Waals surface area contributed by atoms with E-state index >= 15 is 0 Å². The zero-order valence-corrected chi connectivity index (χ0v) is 23.8. The van der Waals surface area contributed by atoms with Gasteiger partial charge in [-0.2, -0.15) is 0 Å². The zero-order chi connectivity index (χ0) is 29.2. The number of hydrogen-bond acceptors (Lipinski definition) is 7. The third-order valence-electron chi connectivity index (χ3n) is 7.83. The number of aromatic nitrogens is 2. The van der Waals surface area contributed by atoms with Gasteiger partial charge in [-0.25, -0.2) is 14.4 Å². The number of ether oxygens (including phenoxy) is 1. The lowest BCUT2D eigenvalue weighted by atomic mass is 9.95. The van der Waals surface area contributed by atoms with E-state index in [1.54, 1.807) is 25.4 Å². The van der Waals surface area contributed by atoms with Crippen molar-refractivity contribution in [3.05, 3.63) is 77.4 Å². The Hall–Kier alpha value is -3.89. The third kappa shape index (κ3) is 5.83. The van der Waals surface area contributed by atoms with Gasteiger partial charge in [-0.05, 0) is 82.1 Å². The molecule has 0 N–H and O–H groups in total. The lowest BCUT2D eigenvalue weighted by molar-refractivity contribution is -0.943. The number of rotatable bonds is 6. The fraction of sp³-hybridized carbons (Fsp3) is 0.400. The molecule has 2 aromatic heterocycles. The largest absolute Gasteiger partial charge is 0.498 e. The van der Waals surface area contributed by atoms with Crippen molar-refractivity contribution in [2.75, 3.05) is 31.6 Å². The smallest absolute Gasteiger partial charge is 0.260 e. The van der Waals surface area contributed by atoms with Crippen molar-refractivity contribution in [1.29, 1.82) is 0 Å². The normalized spacial score (nSPS) is 19.7. The topological polar surface area (TPSA) is 98.7 Å². The van der Waals surface area contributed by atoms with E-state index in [1.165, 1.54) is 35.4 Å². The summed E-state index contributed by atoms with van der Waals surface area (Å²) in [7, 11) is 1.66. The van der Waals surface area contributed by atoms with E-state index in [0.717, 1.165) is 11.1 Å². The summed E-state index contributed by atoms with van der Waals surface area (Å²) in [5, 5.41) is 12.2. The van der Waals surface area contributed by atoms with Crippen molar-refractivity contribution < 1.29 is 28.3 Å². The maximum absolute atomic E-state index is 13.1. The minimum Gasteiger partial charge on any atom is -0.498 e. The van der Waals surface area contributed by atoms with E-state index in [1.807, 2.05) is 40.7 Å². The number of amides is 2. The van der Waals surface area contributed by atoms with Gasteiger partial charge in [-0.3, -0.25) is 19.1 Å². The second kappa shape index (κ2) is 11.3. The van der Waals surface area contributed by atoms with Crippen LogP contribution in [0.25, 0.3) is 0 Å². The number of aryl methyl sites for hydroxylation is 1. The first-order valence-electron chi connectivity index (χ1n) is 13.3. The highest BCUT2D eigenvalue weighted by molar-refractivity contribution is 6.05. The van der Waals surface area contributed by atoms with E-state index < -0.39 is 11.6 Å². The van der Waals surface area contributed by atoms with Crippen LogP contribution >= 0.6 is 0 Å². The molecule has 212 valence electrons. The minimum absolute atomic E-state index is 0.0687. The Morgan fingerprint density at radius 1 is 1.15 bits per heavy atom. The Labute approximate surface area is 234 Å². The van der Waals surface area contributed by atoms with Crippen LogP contribution < -0.4 is 14.7 Å². The molecule has 0 radical (unpaired) electrons. The SMILES string of the molecule is Cc1cc(N(C)C(=O)c2ccc(Oc3ccc(F)cc3)nc2)ncc1CN1CC[N+](C(=O)[O-])(C(C)(C)C)[C@@H](C)C1. The average Bonchev–Trinajstić information content (AvgIpc) is 2.90. The van der Waals surface area contributed by atoms with Crippen LogP contribution in [0.4, 0.5) is 15.0 Å². The van der Waals surface area contributed by atoms with Gasteiger partial charge >= 0.3 is 0 Å². The third-order valence-corrected chi connectivity index (χ3v) is 7.83. The summed E-state index contributed by atoms with van der Waals surface area (Å²) in [5.74, 6) is 0.598. The second-order valence-corrected chi connectivity index (χ2v) is 11.4. The number of halogens is 1. The Morgan fingerprint density at radius 2 is 1.85 bits per heavy atom. The number of carboxylic acid groups (broad SMARTS) is 1. The highest BCUT2D eigenvalue weighted by Crippen LogP contribution is 2.32. The molecule has 40 heavy (non-hydrogen) atoms. The quantitative estimate of drug-likeness (QED) is 0.426. The van der Waals surface area contributed by atoms with Crippen molar-refractivity contribution in [3.8, 4) is 11.6 Å². The first-order valence-corrected chi connectivity index (χ1v) is 13.3. The van der Waals surface area contributed by atoms with E-state index in [9.17, 15) is 19.1 Å². The standard InChI is InChI=1S/C30H36FN5O4/c1-20-15-26(32-17-23(20)19-35-13-14-36(29(38)39,21(2)18-35)30(3,4)5)34(6)28(37)22-7-12-27(33-16-22)40-25-10-8-24(31)9-11-25/h7-12,15-17,21H,13-14,18-19H2,1-6H3/t21-,36?/m0/s1. The predicted octanol–water partition coefficient (Wildman–Crippen LogP) is 4.16. The highest BCUT2D eigenvalue weighted by atomic mass is 19.1. The Kier molecular flexibility index (Phi) is 8.23. The fourth-order valence-corrected chi connectivity index (χ4v) is 5.46. The number of anilines is 1. The summed E-state index contributed by atoms with van der Waals surface area (Å²) in [4.78, 5) is 37.7. The number of carbonyl (C=O) groups is 2. The van der Waals surface area contributed by atoms with E-state index in [4.69, 9.17) is 4.74 Å². The highest BCUT2D eigenvalue weighted by Gasteiger charge is 2.49. The minimum atomic E-state index is -1.03. The summed E-state index contributed by atoms with van der Waals surface area (Å²) in [5.41, 5.74) is 1.91. The number of quaternary nitrogens is 1. The van der Waals surface area contributed by atoms with Crippen LogP contribution in [0, 0.1) is 12.7 Å². The van der Waals surface area contributed by atoms with Crippen LogP contribution in [0.5, 0.6) is 11.6 Å². The molecule has 2 atom stereocenters. The molecule has 1 fully saturated rings. The van der Waals surface area contributed by atoms with Gasteiger partial charge in [0.2, 0.25) is 5.88 Å². The van der Waals surface area contributed by atoms with Crippen LogP contribution in [0.3, 0.4) is 0 Å². The number of nitrogens with zero attached hydrogens (tertiary/aromatic N) is 5. The second-order valence-electron chi connectivity index (χ2n) is 11.4. The molecule has 3 aromatic rings. The molecule has 0 spiro atoms. The molecule has 0 bridgehead atoms. The van der Waals surface area contributed by atoms with Crippen LogP contribution in [0.2, 0.25) is 0 Å². The summed E-state index contributed by atoms with van der Waals surface area (Å²) in [6, 6.07) is 10.5. The summed E-state index contributed by atoms with van der Waals surface area (Å²) in [6.07, 6.45) is 2.18. The van der Waals surface area contributed by atoms with Gasteiger partial charge in [0.15, 0.2) is 0 Å². The summed E-state index contributed by atoms with van der Waals surface area (Å²) >= 11 is 0. The number of carbonyl (C=O) groups excluding carboxylic acids is 2. The van der Waals surface area contributed by atoms with Crippen LogP contribution in [0.1, 0.15) is 49.2 Å². The number of pyridine rings is 2. The Balaban J connectivity index is 1.40. The number of piperazine rings is 1. The summed E-state index contributed by atoms with van der Waals surface area (Å²) in [6.45, 7) is 12.2. The molecule has 0 aliphatic carbocycles. The molecule has 1 aliphatic heterocycles. The Bertz CT molecular complexity index is 1370. The molecule has 1 aliphatic rings. The first-order chi connectivity index (χ1) is 18.8. The van der Waals surface area contributed by atoms with Crippen molar-refractivity contribution in [2.24, 2.45) is 0 Å². The van der Waals surface area contributed by atoms with Crippen molar-refractivity contribution in [1.82, 2.24) is 14.9 Å². The fourth-order valence-electron chi connectivity index (χ4n) is 5.46. The van der Waals surface area contributed by atoms with Gasteiger partial charge in [0.05, 0.1) is 24.2 Å². The van der Waals surface area contributed by atoms with Crippen molar-refractivity contribution in [2.45, 2.75) is 52.7 Å². The van der Waals surface area contributed by atoms with E-state index in [-0.39, 0.29) is 28.1 Å². The van der Waals surface area contributed by atoms with Gasteiger partial charge in [-0.1, -0.05) is 0 Å². The van der Waals surface area contributed by atoms with Crippen molar-refractivity contribution >= 4 is 17.8 Å². The number of hydrogen-bond donors (Lipinski definition) is 0. The molecule has 1 unspecified atom stereocenters. The first kappa shape index (κ1) is 29.1. The molecular formula is C30H36FN5O4. The monoisotopic (exact) mass is 549 g/mol. The zero-order valence-electron chi connectivity index (χ0n) is 23.8. The molecule has 10 heteroatoms. The predicted molar refractivity (Wildman–Crippen MR) is 147 cm³/mol.